The van der Waals surface area contributed by atoms with Crippen LogP contribution in [-0.2, 0) is 11.3 Å². The largest absolute Gasteiger partial charge is 0.354 e. The fraction of sp³-hybridized carbons (Fsp3) is 0.765. The Morgan fingerprint density at radius 2 is 2.26 bits per heavy atom. The highest BCUT2D eigenvalue weighted by molar-refractivity contribution is 7.11. The highest BCUT2D eigenvalue weighted by Crippen LogP contribution is 2.23. The molecule has 2 unspecified atom stereocenters. The minimum atomic E-state index is 0.0394. The zero-order valence-corrected chi connectivity index (χ0v) is 15.0. The number of likely N-dealkylation sites (tertiary alicyclic amines) is 1. The SMILES string of the molecule is Cc1nc(C)c(CN2CCCC(CNC(=O)C3CCCN3)C2)s1. The van der Waals surface area contributed by atoms with Gasteiger partial charge in [-0.3, -0.25) is 9.69 Å². The van der Waals surface area contributed by atoms with Gasteiger partial charge in [0, 0.05) is 24.5 Å². The molecule has 3 rings (SSSR count). The third kappa shape index (κ3) is 4.52. The van der Waals surface area contributed by atoms with Crippen LogP contribution in [0.25, 0.3) is 0 Å². The minimum absolute atomic E-state index is 0.0394. The fourth-order valence-electron chi connectivity index (χ4n) is 3.66. The van der Waals surface area contributed by atoms with Gasteiger partial charge in [-0.15, -0.1) is 11.3 Å². The molecule has 0 aromatic carbocycles. The van der Waals surface area contributed by atoms with E-state index in [1.54, 1.807) is 0 Å². The summed E-state index contributed by atoms with van der Waals surface area (Å²) in [6.07, 6.45) is 4.53. The van der Waals surface area contributed by atoms with Gasteiger partial charge in [-0.05, 0) is 58.5 Å². The summed E-state index contributed by atoms with van der Waals surface area (Å²) in [5.74, 6) is 0.761. The molecule has 2 aliphatic heterocycles. The monoisotopic (exact) mass is 336 g/mol. The number of hydrogen-bond donors (Lipinski definition) is 2. The molecule has 3 heterocycles. The molecule has 128 valence electrons. The van der Waals surface area contributed by atoms with Crippen molar-refractivity contribution < 1.29 is 4.79 Å². The Labute approximate surface area is 142 Å². The van der Waals surface area contributed by atoms with E-state index in [1.807, 2.05) is 11.3 Å². The molecular weight excluding hydrogens is 308 g/mol. The topological polar surface area (TPSA) is 57.3 Å². The maximum absolute atomic E-state index is 12.1. The second-order valence-electron chi connectivity index (χ2n) is 6.88. The molecular formula is C17H28N4OS. The highest BCUT2D eigenvalue weighted by Gasteiger charge is 2.25. The average Bonchev–Trinajstić information content (AvgIpc) is 3.16. The Morgan fingerprint density at radius 3 is 2.96 bits per heavy atom. The van der Waals surface area contributed by atoms with Gasteiger partial charge in [-0.25, -0.2) is 4.98 Å². The molecule has 23 heavy (non-hydrogen) atoms. The van der Waals surface area contributed by atoms with Crippen LogP contribution >= 0.6 is 11.3 Å². The van der Waals surface area contributed by atoms with Gasteiger partial charge in [-0.2, -0.15) is 0 Å². The van der Waals surface area contributed by atoms with Crippen molar-refractivity contribution in [2.24, 2.45) is 5.92 Å². The van der Waals surface area contributed by atoms with E-state index in [1.165, 1.54) is 23.4 Å². The van der Waals surface area contributed by atoms with Gasteiger partial charge in [-0.1, -0.05) is 0 Å². The number of rotatable bonds is 5. The Bertz CT molecular complexity index is 539. The van der Waals surface area contributed by atoms with Crippen LogP contribution in [0.5, 0.6) is 0 Å². The van der Waals surface area contributed by atoms with Gasteiger partial charge in [0.25, 0.3) is 0 Å². The molecule has 1 aromatic heterocycles. The van der Waals surface area contributed by atoms with Gasteiger partial charge in [0.2, 0.25) is 5.91 Å². The lowest BCUT2D eigenvalue weighted by Crippen LogP contribution is -2.45. The van der Waals surface area contributed by atoms with Crippen LogP contribution < -0.4 is 10.6 Å². The van der Waals surface area contributed by atoms with Crippen molar-refractivity contribution in [3.05, 3.63) is 15.6 Å². The van der Waals surface area contributed by atoms with E-state index in [4.69, 9.17) is 0 Å². The molecule has 0 radical (unpaired) electrons. The van der Waals surface area contributed by atoms with Gasteiger partial charge < -0.3 is 10.6 Å². The van der Waals surface area contributed by atoms with Crippen molar-refractivity contribution in [2.75, 3.05) is 26.2 Å². The maximum Gasteiger partial charge on any atom is 0.237 e. The number of hydrogen-bond acceptors (Lipinski definition) is 5. The molecule has 2 fully saturated rings. The Hall–Kier alpha value is -0.980. The van der Waals surface area contributed by atoms with Crippen LogP contribution in [0.4, 0.5) is 0 Å². The highest BCUT2D eigenvalue weighted by atomic mass is 32.1. The first-order valence-electron chi connectivity index (χ1n) is 8.78. The Balaban J connectivity index is 1.46. The molecule has 1 amide bonds. The summed E-state index contributed by atoms with van der Waals surface area (Å²) in [6, 6.07) is 0.0394. The summed E-state index contributed by atoms with van der Waals surface area (Å²) in [4.78, 5) is 20.6. The number of amides is 1. The molecule has 2 N–H and O–H groups in total. The van der Waals surface area contributed by atoms with Gasteiger partial charge in [0.15, 0.2) is 0 Å². The van der Waals surface area contributed by atoms with E-state index in [-0.39, 0.29) is 11.9 Å². The molecule has 2 aliphatic rings. The summed E-state index contributed by atoms with van der Waals surface area (Å²) >= 11 is 1.81. The van der Waals surface area contributed by atoms with Crippen molar-refractivity contribution in [1.82, 2.24) is 20.5 Å². The smallest absolute Gasteiger partial charge is 0.237 e. The lowest BCUT2D eigenvalue weighted by atomic mass is 9.97. The predicted molar refractivity (Wildman–Crippen MR) is 93.6 cm³/mol. The Kier molecular flexibility index (Phi) is 5.67. The third-order valence-electron chi connectivity index (χ3n) is 4.91. The first kappa shape index (κ1) is 16.9. The van der Waals surface area contributed by atoms with Gasteiger partial charge >= 0.3 is 0 Å². The average molecular weight is 337 g/mol. The van der Waals surface area contributed by atoms with E-state index in [0.717, 1.165) is 50.6 Å². The van der Waals surface area contributed by atoms with Crippen LogP contribution in [0.2, 0.25) is 0 Å². The number of aromatic nitrogens is 1. The lowest BCUT2D eigenvalue weighted by Gasteiger charge is -2.32. The van der Waals surface area contributed by atoms with Crippen molar-refractivity contribution >= 4 is 17.2 Å². The molecule has 6 heteroatoms. The maximum atomic E-state index is 12.1. The number of nitrogens with one attached hydrogen (secondary N) is 2. The summed E-state index contributed by atoms with van der Waals surface area (Å²) in [5, 5.41) is 7.58. The third-order valence-corrected chi connectivity index (χ3v) is 5.97. The van der Waals surface area contributed by atoms with Gasteiger partial charge in [0.05, 0.1) is 16.7 Å². The molecule has 2 atom stereocenters. The predicted octanol–water partition coefficient (Wildman–Crippen LogP) is 1.84. The van der Waals surface area contributed by atoms with Crippen molar-refractivity contribution in [3.8, 4) is 0 Å². The van der Waals surface area contributed by atoms with Crippen LogP contribution in [-0.4, -0.2) is 48.0 Å². The standard InChI is InChI=1S/C17H28N4OS/c1-12-16(23-13(2)20-12)11-21-8-4-5-14(10-21)9-19-17(22)15-6-3-7-18-15/h14-15,18H,3-11H2,1-2H3,(H,19,22). The van der Waals surface area contributed by atoms with E-state index in [9.17, 15) is 4.79 Å². The molecule has 0 saturated carbocycles. The minimum Gasteiger partial charge on any atom is -0.354 e. The molecule has 0 spiro atoms. The first-order valence-corrected chi connectivity index (χ1v) is 9.60. The summed E-state index contributed by atoms with van der Waals surface area (Å²) < 4.78 is 0. The number of piperidine rings is 1. The van der Waals surface area contributed by atoms with E-state index in [0.29, 0.717) is 5.92 Å². The summed E-state index contributed by atoms with van der Waals surface area (Å²) in [5.41, 5.74) is 1.18. The summed E-state index contributed by atoms with van der Waals surface area (Å²) in [7, 11) is 0. The van der Waals surface area contributed by atoms with Crippen LogP contribution in [0, 0.1) is 19.8 Å². The molecule has 0 aliphatic carbocycles. The van der Waals surface area contributed by atoms with E-state index in [2.05, 4.69) is 34.4 Å². The first-order chi connectivity index (χ1) is 11.1. The Morgan fingerprint density at radius 1 is 1.39 bits per heavy atom. The summed E-state index contributed by atoms with van der Waals surface area (Å²) in [6.45, 7) is 9.21. The molecule has 0 bridgehead atoms. The van der Waals surface area contributed by atoms with Gasteiger partial charge in [0.1, 0.15) is 0 Å². The second-order valence-corrected chi connectivity index (χ2v) is 8.17. The quantitative estimate of drug-likeness (QED) is 0.861. The van der Waals surface area contributed by atoms with E-state index < -0.39 is 0 Å². The molecule has 5 nitrogen and oxygen atoms in total. The van der Waals surface area contributed by atoms with Crippen molar-refractivity contribution in [2.45, 2.75) is 52.1 Å². The van der Waals surface area contributed by atoms with Crippen LogP contribution in [0.15, 0.2) is 0 Å². The normalized spacial score (nSPS) is 25.7. The van der Waals surface area contributed by atoms with Crippen molar-refractivity contribution in [1.29, 1.82) is 0 Å². The van der Waals surface area contributed by atoms with Crippen LogP contribution in [0.1, 0.15) is 41.3 Å². The van der Waals surface area contributed by atoms with E-state index >= 15 is 0 Å². The number of thiazole rings is 1. The van der Waals surface area contributed by atoms with Crippen LogP contribution in [0.3, 0.4) is 0 Å². The molecule has 2 saturated heterocycles. The zero-order valence-electron chi connectivity index (χ0n) is 14.2. The lowest BCUT2D eigenvalue weighted by molar-refractivity contribution is -0.123. The molecule has 1 aromatic rings. The van der Waals surface area contributed by atoms with Crippen molar-refractivity contribution in [3.63, 3.8) is 0 Å². The fourth-order valence-corrected chi connectivity index (χ4v) is 4.64. The zero-order chi connectivity index (χ0) is 16.2. The number of aryl methyl sites for hydroxylation is 2. The number of nitrogens with zero attached hydrogens (tertiary/aromatic N) is 2. The second kappa shape index (κ2) is 7.73. The number of carbonyl (C=O) groups excluding carboxylic acids is 1. The number of carbonyl (C=O) groups is 1.